The molecular formula is C20H21ClFNO3. The van der Waals surface area contributed by atoms with Gasteiger partial charge in [-0.3, -0.25) is 9.59 Å². The Hall–Kier alpha value is -2.40. The molecule has 0 saturated heterocycles. The molecule has 0 bridgehead atoms. The number of carbonyl (C=O) groups is 2. The molecule has 26 heavy (non-hydrogen) atoms. The minimum Gasteiger partial charge on any atom is -0.489 e. The summed E-state index contributed by atoms with van der Waals surface area (Å²) in [6.45, 7) is 1.66. The van der Waals surface area contributed by atoms with Crippen LogP contribution in [-0.2, 0) is 22.6 Å². The fourth-order valence-corrected chi connectivity index (χ4v) is 2.69. The predicted octanol–water partition coefficient (Wildman–Crippen LogP) is 3.65. The van der Waals surface area contributed by atoms with Crippen molar-refractivity contribution in [1.82, 2.24) is 5.32 Å². The first kappa shape index (κ1) is 19.9. The van der Waals surface area contributed by atoms with Crippen molar-refractivity contribution in [3.8, 4) is 5.75 Å². The second kappa shape index (κ2) is 9.92. The third-order valence-corrected chi connectivity index (χ3v) is 4.06. The summed E-state index contributed by atoms with van der Waals surface area (Å²) in [5.41, 5.74) is 1.60. The van der Waals surface area contributed by atoms with Crippen LogP contribution in [0.4, 0.5) is 4.39 Å². The summed E-state index contributed by atoms with van der Waals surface area (Å²) in [6, 6.07) is 13.1. The highest BCUT2D eigenvalue weighted by Crippen LogP contribution is 2.16. The van der Waals surface area contributed by atoms with Crippen LogP contribution < -0.4 is 10.1 Å². The number of nitrogens with one attached hydrogen (secondary N) is 1. The minimum absolute atomic E-state index is 0.00201. The molecule has 1 amide bonds. The summed E-state index contributed by atoms with van der Waals surface area (Å²) in [4.78, 5) is 23.2. The molecule has 0 aromatic heterocycles. The molecule has 1 atom stereocenters. The maximum absolute atomic E-state index is 13.1. The Morgan fingerprint density at radius 2 is 1.88 bits per heavy atom. The molecule has 4 nitrogen and oxygen atoms in total. The lowest BCUT2D eigenvalue weighted by molar-refractivity contribution is -0.120. The molecule has 0 spiro atoms. The van der Waals surface area contributed by atoms with Crippen LogP contribution in [0.5, 0.6) is 5.75 Å². The third kappa shape index (κ3) is 6.84. The molecular weight excluding hydrogens is 357 g/mol. The van der Waals surface area contributed by atoms with E-state index < -0.39 is 0 Å². The Morgan fingerprint density at radius 3 is 2.50 bits per heavy atom. The van der Waals surface area contributed by atoms with Crippen LogP contribution in [0.2, 0.25) is 0 Å². The van der Waals surface area contributed by atoms with E-state index in [2.05, 4.69) is 5.32 Å². The quantitative estimate of drug-likeness (QED) is 0.679. The SMILES string of the molecule is CC(=O)NC(CCl)CC(=O)Cc1ccc(OCc2cccc(F)c2)cc1. The monoisotopic (exact) mass is 377 g/mol. The number of ketones is 1. The summed E-state index contributed by atoms with van der Waals surface area (Å²) in [7, 11) is 0. The molecule has 0 saturated carbocycles. The maximum atomic E-state index is 13.1. The summed E-state index contributed by atoms with van der Waals surface area (Å²) >= 11 is 5.77. The molecule has 6 heteroatoms. The predicted molar refractivity (Wildman–Crippen MR) is 98.8 cm³/mol. The molecule has 0 heterocycles. The second-order valence-corrected chi connectivity index (χ2v) is 6.34. The molecule has 0 aliphatic heterocycles. The van der Waals surface area contributed by atoms with Gasteiger partial charge in [-0.05, 0) is 35.4 Å². The number of Topliss-reactive ketones (excluding diaryl/α,β-unsaturated/α-hetero) is 1. The first-order valence-corrected chi connectivity index (χ1v) is 8.80. The highest BCUT2D eigenvalue weighted by atomic mass is 35.5. The minimum atomic E-state index is -0.351. The number of benzene rings is 2. The van der Waals surface area contributed by atoms with Gasteiger partial charge in [-0.1, -0.05) is 24.3 Å². The largest absolute Gasteiger partial charge is 0.489 e. The Labute approximate surface area is 157 Å². The van der Waals surface area contributed by atoms with E-state index in [-0.39, 0.29) is 48.9 Å². The Kier molecular flexibility index (Phi) is 7.60. The van der Waals surface area contributed by atoms with Gasteiger partial charge in [0.05, 0.1) is 0 Å². The van der Waals surface area contributed by atoms with Gasteiger partial charge in [0.1, 0.15) is 24.0 Å². The van der Waals surface area contributed by atoms with Gasteiger partial charge >= 0.3 is 0 Å². The van der Waals surface area contributed by atoms with Gasteiger partial charge in [-0.2, -0.15) is 0 Å². The van der Waals surface area contributed by atoms with Gasteiger partial charge in [0.15, 0.2) is 0 Å². The molecule has 0 radical (unpaired) electrons. The molecule has 1 N–H and O–H groups in total. The van der Waals surface area contributed by atoms with Crippen molar-refractivity contribution in [2.45, 2.75) is 32.4 Å². The van der Waals surface area contributed by atoms with E-state index in [1.54, 1.807) is 24.3 Å². The van der Waals surface area contributed by atoms with Gasteiger partial charge in [0.25, 0.3) is 0 Å². The van der Waals surface area contributed by atoms with Gasteiger partial charge in [0.2, 0.25) is 5.91 Å². The standard InChI is InChI=1S/C20H21ClFNO3/c1-14(24)23-18(12-21)11-19(25)10-15-5-7-20(8-6-15)26-13-16-3-2-4-17(22)9-16/h2-9,18H,10-13H2,1H3,(H,23,24). The lowest BCUT2D eigenvalue weighted by Gasteiger charge is -2.14. The van der Waals surface area contributed by atoms with E-state index in [9.17, 15) is 14.0 Å². The zero-order valence-electron chi connectivity index (χ0n) is 14.5. The van der Waals surface area contributed by atoms with Crippen LogP contribution in [0.3, 0.4) is 0 Å². The molecule has 0 aliphatic carbocycles. The summed E-state index contributed by atoms with van der Waals surface area (Å²) < 4.78 is 18.8. The molecule has 2 aromatic rings. The number of hydrogen-bond donors (Lipinski definition) is 1. The van der Waals surface area contributed by atoms with Crippen molar-refractivity contribution in [3.05, 3.63) is 65.5 Å². The van der Waals surface area contributed by atoms with E-state index in [0.29, 0.717) is 5.75 Å². The molecule has 0 aliphatic rings. The maximum Gasteiger partial charge on any atom is 0.217 e. The van der Waals surface area contributed by atoms with Crippen LogP contribution in [0, 0.1) is 5.82 Å². The Balaban J connectivity index is 1.84. The van der Waals surface area contributed by atoms with Crippen LogP contribution >= 0.6 is 11.6 Å². The number of amides is 1. The Bertz CT molecular complexity index is 749. The van der Waals surface area contributed by atoms with Crippen molar-refractivity contribution in [2.75, 3.05) is 5.88 Å². The number of halogens is 2. The number of hydrogen-bond acceptors (Lipinski definition) is 3. The van der Waals surface area contributed by atoms with Crippen molar-refractivity contribution < 1.29 is 18.7 Å². The van der Waals surface area contributed by atoms with Crippen molar-refractivity contribution in [3.63, 3.8) is 0 Å². The van der Waals surface area contributed by atoms with Crippen LogP contribution in [0.15, 0.2) is 48.5 Å². The zero-order valence-corrected chi connectivity index (χ0v) is 15.3. The normalized spacial score (nSPS) is 11.7. The van der Waals surface area contributed by atoms with E-state index >= 15 is 0 Å². The number of rotatable bonds is 9. The van der Waals surface area contributed by atoms with E-state index in [1.807, 2.05) is 12.1 Å². The van der Waals surface area contributed by atoms with E-state index in [1.165, 1.54) is 19.1 Å². The first-order valence-electron chi connectivity index (χ1n) is 8.27. The number of carbonyl (C=O) groups excluding carboxylic acids is 2. The van der Waals surface area contributed by atoms with Crippen molar-refractivity contribution in [1.29, 1.82) is 0 Å². The van der Waals surface area contributed by atoms with Gasteiger partial charge in [-0.25, -0.2) is 4.39 Å². The summed E-state index contributed by atoms with van der Waals surface area (Å²) in [6.07, 6.45) is 0.456. The first-order chi connectivity index (χ1) is 12.5. The fourth-order valence-electron chi connectivity index (χ4n) is 2.50. The van der Waals surface area contributed by atoms with Crippen LogP contribution in [0.1, 0.15) is 24.5 Å². The smallest absolute Gasteiger partial charge is 0.217 e. The molecule has 2 aromatic carbocycles. The second-order valence-electron chi connectivity index (χ2n) is 6.03. The summed E-state index contributed by atoms with van der Waals surface area (Å²) in [5.74, 6) is 0.330. The van der Waals surface area contributed by atoms with Crippen LogP contribution in [-0.4, -0.2) is 23.6 Å². The van der Waals surface area contributed by atoms with Gasteiger partial charge in [0, 0.05) is 31.7 Å². The lowest BCUT2D eigenvalue weighted by atomic mass is 10.0. The summed E-state index contributed by atoms with van der Waals surface area (Å²) in [5, 5.41) is 2.65. The average molecular weight is 378 g/mol. The molecule has 0 fully saturated rings. The fraction of sp³-hybridized carbons (Fsp3) is 0.300. The highest BCUT2D eigenvalue weighted by molar-refractivity contribution is 6.18. The number of alkyl halides is 1. The van der Waals surface area contributed by atoms with E-state index in [4.69, 9.17) is 16.3 Å². The van der Waals surface area contributed by atoms with Gasteiger partial charge in [-0.15, -0.1) is 11.6 Å². The highest BCUT2D eigenvalue weighted by Gasteiger charge is 2.14. The molecule has 138 valence electrons. The molecule has 1 unspecified atom stereocenters. The Morgan fingerprint density at radius 1 is 1.15 bits per heavy atom. The average Bonchev–Trinajstić information content (AvgIpc) is 2.60. The lowest BCUT2D eigenvalue weighted by Crippen LogP contribution is -2.36. The number of ether oxygens (including phenoxy) is 1. The van der Waals surface area contributed by atoms with Crippen molar-refractivity contribution >= 4 is 23.3 Å². The van der Waals surface area contributed by atoms with E-state index in [0.717, 1.165) is 11.1 Å². The topological polar surface area (TPSA) is 55.4 Å². The third-order valence-electron chi connectivity index (χ3n) is 3.69. The van der Waals surface area contributed by atoms with Crippen LogP contribution in [0.25, 0.3) is 0 Å². The molecule has 2 rings (SSSR count). The van der Waals surface area contributed by atoms with Crippen molar-refractivity contribution in [2.24, 2.45) is 0 Å². The zero-order chi connectivity index (χ0) is 18.9. The van der Waals surface area contributed by atoms with Gasteiger partial charge < -0.3 is 10.1 Å².